The minimum absolute atomic E-state index is 0.212. The van der Waals surface area contributed by atoms with Crippen molar-refractivity contribution < 1.29 is 5.11 Å². The van der Waals surface area contributed by atoms with E-state index in [-0.39, 0.29) is 6.10 Å². The lowest BCUT2D eigenvalue weighted by atomic mass is 9.99. The van der Waals surface area contributed by atoms with Crippen LogP contribution in [0, 0.1) is 5.92 Å². The molecule has 0 aromatic carbocycles. The van der Waals surface area contributed by atoms with Crippen molar-refractivity contribution in [2.45, 2.75) is 12.5 Å². The van der Waals surface area contributed by atoms with Crippen LogP contribution >= 0.6 is 22.9 Å². The van der Waals surface area contributed by atoms with Gasteiger partial charge in [-0.3, -0.25) is 0 Å². The Balaban J connectivity index is 2.01. The fourth-order valence-corrected chi connectivity index (χ4v) is 2.62. The molecule has 0 amide bonds. The second-order valence-corrected chi connectivity index (χ2v) is 4.93. The molecule has 2 unspecified atom stereocenters. The number of β-amino-alcohol motifs (C(OH)–C–C–N with tert-alkyl or cyclic N) is 1. The Labute approximate surface area is 86.5 Å². The van der Waals surface area contributed by atoms with Gasteiger partial charge < -0.3 is 10.4 Å². The van der Waals surface area contributed by atoms with Crippen molar-refractivity contribution in [2.75, 3.05) is 13.1 Å². The molecule has 1 aromatic rings. The number of thiophene rings is 1. The molecule has 13 heavy (non-hydrogen) atoms. The van der Waals surface area contributed by atoms with Gasteiger partial charge in [-0.1, -0.05) is 11.6 Å². The average molecular weight is 218 g/mol. The van der Waals surface area contributed by atoms with Crippen molar-refractivity contribution in [3.8, 4) is 0 Å². The molecule has 2 atom stereocenters. The molecular formula is C9H12ClNOS. The Morgan fingerprint density at radius 1 is 1.62 bits per heavy atom. The van der Waals surface area contributed by atoms with Crippen molar-refractivity contribution in [2.24, 2.45) is 5.92 Å². The standard InChI is InChI=1S/C9H12ClNOS/c10-9-6(1-2-13-9)3-7-4-11-5-8(7)12/h1-2,7-8,11-12H,3-5H2. The topological polar surface area (TPSA) is 32.3 Å². The van der Waals surface area contributed by atoms with E-state index in [0.717, 1.165) is 17.3 Å². The number of aliphatic hydroxyl groups excluding tert-OH is 1. The first-order valence-electron chi connectivity index (χ1n) is 4.38. The average Bonchev–Trinajstić information content (AvgIpc) is 2.65. The minimum Gasteiger partial charge on any atom is -0.391 e. The van der Waals surface area contributed by atoms with Gasteiger partial charge in [0.1, 0.15) is 0 Å². The number of halogens is 1. The second-order valence-electron chi connectivity index (χ2n) is 3.41. The van der Waals surface area contributed by atoms with Crippen LogP contribution in [-0.4, -0.2) is 24.3 Å². The summed E-state index contributed by atoms with van der Waals surface area (Å²) in [6.07, 6.45) is 0.673. The van der Waals surface area contributed by atoms with E-state index in [2.05, 4.69) is 5.32 Å². The van der Waals surface area contributed by atoms with Gasteiger partial charge in [-0.05, 0) is 23.4 Å². The number of aliphatic hydroxyl groups is 1. The first kappa shape index (κ1) is 9.46. The van der Waals surface area contributed by atoms with Gasteiger partial charge in [0.2, 0.25) is 0 Å². The van der Waals surface area contributed by atoms with Crippen LogP contribution in [0.15, 0.2) is 11.4 Å². The maximum atomic E-state index is 9.58. The van der Waals surface area contributed by atoms with Crippen LogP contribution < -0.4 is 5.32 Å². The van der Waals surface area contributed by atoms with Crippen LogP contribution in [0.4, 0.5) is 0 Å². The van der Waals surface area contributed by atoms with E-state index in [1.54, 1.807) is 11.3 Å². The molecule has 0 aliphatic carbocycles. The molecule has 1 aromatic heterocycles. The first-order chi connectivity index (χ1) is 6.27. The third-order valence-electron chi connectivity index (χ3n) is 2.48. The molecule has 2 nitrogen and oxygen atoms in total. The van der Waals surface area contributed by atoms with Crippen molar-refractivity contribution in [3.05, 3.63) is 21.3 Å². The van der Waals surface area contributed by atoms with Crippen LogP contribution in [0.5, 0.6) is 0 Å². The molecule has 2 N–H and O–H groups in total. The molecule has 4 heteroatoms. The number of hydrogen-bond donors (Lipinski definition) is 2. The second kappa shape index (κ2) is 3.96. The lowest BCUT2D eigenvalue weighted by molar-refractivity contribution is 0.148. The smallest absolute Gasteiger partial charge is 0.0960 e. The van der Waals surface area contributed by atoms with Gasteiger partial charge in [-0.15, -0.1) is 11.3 Å². The van der Waals surface area contributed by atoms with Crippen molar-refractivity contribution in [1.29, 1.82) is 0 Å². The summed E-state index contributed by atoms with van der Waals surface area (Å²) in [5.41, 5.74) is 1.17. The normalized spacial score (nSPS) is 28.2. The third-order valence-corrected chi connectivity index (χ3v) is 3.73. The van der Waals surface area contributed by atoms with E-state index in [0.29, 0.717) is 12.5 Å². The van der Waals surface area contributed by atoms with Crippen LogP contribution in [-0.2, 0) is 6.42 Å². The Bertz CT molecular complexity index is 289. The Kier molecular flexibility index (Phi) is 2.89. The largest absolute Gasteiger partial charge is 0.391 e. The van der Waals surface area contributed by atoms with E-state index < -0.39 is 0 Å². The molecule has 0 bridgehead atoms. The van der Waals surface area contributed by atoms with Crippen LogP contribution in [0.3, 0.4) is 0 Å². The van der Waals surface area contributed by atoms with Gasteiger partial charge in [-0.2, -0.15) is 0 Å². The highest BCUT2D eigenvalue weighted by Gasteiger charge is 2.25. The van der Waals surface area contributed by atoms with Crippen LogP contribution in [0.25, 0.3) is 0 Å². The Morgan fingerprint density at radius 3 is 3.00 bits per heavy atom. The SMILES string of the molecule is OC1CNCC1Cc1ccsc1Cl. The molecule has 0 saturated carbocycles. The lowest BCUT2D eigenvalue weighted by Crippen LogP contribution is -2.19. The highest BCUT2D eigenvalue weighted by molar-refractivity contribution is 7.14. The first-order valence-corrected chi connectivity index (χ1v) is 5.64. The summed E-state index contributed by atoms with van der Waals surface area (Å²) >= 11 is 7.53. The molecule has 0 spiro atoms. The molecule has 1 saturated heterocycles. The summed E-state index contributed by atoms with van der Waals surface area (Å²) in [5.74, 6) is 0.326. The zero-order chi connectivity index (χ0) is 9.26. The minimum atomic E-state index is -0.212. The van der Waals surface area contributed by atoms with E-state index in [4.69, 9.17) is 11.6 Å². The summed E-state index contributed by atoms with van der Waals surface area (Å²) in [6, 6.07) is 2.04. The van der Waals surface area contributed by atoms with E-state index in [9.17, 15) is 5.11 Å². The van der Waals surface area contributed by atoms with Crippen LogP contribution in [0.1, 0.15) is 5.56 Å². The number of hydrogen-bond acceptors (Lipinski definition) is 3. The molecule has 1 aliphatic rings. The highest BCUT2D eigenvalue weighted by atomic mass is 35.5. The Hall–Kier alpha value is -0.0900. The monoisotopic (exact) mass is 217 g/mol. The molecule has 1 aliphatic heterocycles. The maximum absolute atomic E-state index is 9.58. The molecular weight excluding hydrogens is 206 g/mol. The van der Waals surface area contributed by atoms with Crippen LogP contribution in [0.2, 0.25) is 4.34 Å². The van der Waals surface area contributed by atoms with Crippen molar-refractivity contribution in [3.63, 3.8) is 0 Å². The molecule has 72 valence electrons. The fourth-order valence-electron chi connectivity index (χ4n) is 1.68. The molecule has 2 rings (SSSR count). The summed E-state index contributed by atoms with van der Waals surface area (Å²) in [5, 5.41) is 14.7. The molecule has 0 radical (unpaired) electrons. The molecule has 1 fully saturated rings. The lowest BCUT2D eigenvalue weighted by Gasteiger charge is -2.11. The predicted octanol–water partition coefficient (Wildman–Crippen LogP) is 1.52. The van der Waals surface area contributed by atoms with E-state index >= 15 is 0 Å². The third kappa shape index (κ3) is 2.05. The summed E-state index contributed by atoms with van der Waals surface area (Å²) in [4.78, 5) is 0. The van der Waals surface area contributed by atoms with Gasteiger partial charge in [0, 0.05) is 19.0 Å². The molecule has 2 heterocycles. The van der Waals surface area contributed by atoms with Crippen molar-refractivity contribution >= 4 is 22.9 Å². The van der Waals surface area contributed by atoms with E-state index in [1.807, 2.05) is 11.4 Å². The summed E-state index contributed by atoms with van der Waals surface area (Å²) in [7, 11) is 0. The quantitative estimate of drug-likeness (QED) is 0.788. The maximum Gasteiger partial charge on any atom is 0.0960 e. The van der Waals surface area contributed by atoms with Crippen molar-refractivity contribution in [1.82, 2.24) is 5.32 Å². The summed E-state index contributed by atoms with van der Waals surface area (Å²) < 4.78 is 0.860. The van der Waals surface area contributed by atoms with Gasteiger partial charge in [0.25, 0.3) is 0 Å². The van der Waals surface area contributed by atoms with Gasteiger partial charge >= 0.3 is 0 Å². The van der Waals surface area contributed by atoms with Gasteiger partial charge in [-0.25, -0.2) is 0 Å². The highest BCUT2D eigenvalue weighted by Crippen LogP contribution is 2.26. The van der Waals surface area contributed by atoms with E-state index in [1.165, 1.54) is 5.56 Å². The predicted molar refractivity (Wildman–Crippen MR) is 55.4 cm³/mol. The zero-order valence-corrected chi connectivity index (χ0v) is 8.74. The van der Waals surface area contributed by atoms with Gasteiger partial charge in [0.05, 0.1) is 10.4 Å². The number of nitrogens with one attached hydrogen (secondary N) is 1. The number of rotatable bonds is 2. The Morgan fingerprint density at radius 2 is 2.46 bits per heavy atom. The fraction of sp³-hybridized carbons (Fsp3) is 0.556. The summed E-state index contributed by atoms with van der Waals surface area (Å²) in [6.45, 7) is 1.61. The van der Waals surface area contributed by atoms with Gasteiger partial charge in [0.15, 0.2) is 0 Å². The zero-order valence-electron chi connectivity index (χ0n) is 7.16.